The van der Waals surface area contributed by atoms with Crippen LogP contribution >= 0.6 is 63.7 Å². The maximum absolute atomic E-state index is 10.5. The van der Waals surface area contributed by atoms with Gasteiger partial charge in [-0.05, 0) is 12.8 Å². The van der Waals surface area contributed by atoms with E-state index in [0.29, 0.717) is 12.8 Å². The van der Waals surface area contributed by atoms with Crippen LogP contribution in [0, 0.1) is 20.2 Å². The van der Waals surface area contributed by atoms with Crippen molar-refractivity contribution in [1.82, 2.24) is 0 Å². The van der Waals surface area contributed by atoms with Crippen LogP contribution in [0.25, 0.3) is 0 Å². The molecule has 0 aromatic carbocycles. The quantitative estimate of drug-likeness (QED) is 0.177. The number of rotatable bonds is 7. The Morgan fingerprint density at radius 1 is 0.812 bits per heavy atom. The molecule has 94 valence electrons. The summed E-state index contributed by atoms with van der Waals surface area (Å²) < 4.78 is -2.67. The van der Waals surface area contributed by atoms with Gasteiger partial charge in [0.25, 0.3) is 0 Å². The van der Waals surface area contributed by atoms with Gasteiger partial charge in [0, 0.05) is 86.4 Å². The van der Waals surface area contributed by atoms with Crippen LogP contribution in [0.2, 0.25) is 0 Å². The molecule has 0 bridgehead atoms. The van der Waals surface area contributed by atoms with E-state index in [1.165, 1.54) is 0 Å². The minimum absolute atomic E-state index is 0.244. The van der Waals surface area contributed by atoms with Gasteiger partial charge < -0.3 is 0 Å². The molecule has 0 spiro atoms. The lowest BCUT2D eigenvalue weighted by molar-refractivity contribution is -0.507. The zero-order valence-corrected chi connectivity index (χ0v) is 14.2. The first-order valence-electron chi connectivity index (χ1n) is 4.14. The first kappa shape index (κ1) is 16.7. The van der Waals surface area contributed by atoms with Gasteiger partial charge in [-0.1, -0.05) is 0 Å². The first-order chi connectivity index (χ1) is 7.09. The second-order valence-corrected chi connectivity index (χ2v) is 10.4. The Labute approximate surface area is 125 Å². The van der Waals surface area contributed by atoms with E-state index in [9.17, 15) is 20.2 Å². The van der Waals surface area contributed by atoms with Crippen LogP contribution in [0.3, 0.4) is 0 Å². The maximum Gasteiger partial charge on any atom is 0.326 e. The van der Waals surface area contributed by atoms with Crippen molar-refractivity contribution >= 4 is 63.7 Å². The minimum atomic E-state index is -1.34. The van der Waals surface area contributed by atoms with Gasteiger partial charge in [0.2, 0.25) is 0 Å². The van der Waals surface area contributed by atoms with Crippen molar-refractivity contribution < 1.29 is 9.85 Å². The molecule has 0 fully saturated rings. The Morgan fingerprint density at radius 2 is 1.06 bits per heavy atom. The standard InChI is InChI=1S/C6H8Br4N2O4/c7-5(8,11(13)14)3-1-2-4-6(9,10)12(15)16/h1-4H2. The number of nitro groups is 2. The Bertz CT molecular complexity index is 256. The average Bonchev–Trinajstić information content (AvgIpc) is 2.12. The molecule has 6 nitrogen and oxygen atoms in total. The molecule has 0 aliphatic carbocycles. The first-order valence-corrected chi connectivity index (χ1v) is 7.31. The van der Waals surface area contributed by atoms with Crippen LogP contribution < -0.4 is 0 Å². The summed E-state index contributed by atoms with van der Waals surface area (Å²) in [5.41, 5.74) is 0. The highest BCUT2D eigenvalue weighted by Crippen LogP contribution is 2.36. The summed E-state index contributed by atoms with van der Waals surface area (Å²) in [7, 11) is 0. The lowest BCUT2D eigenvalue weighted by atomic mass is 10.2. The van der Waals surface area contributed by atoms with Crippen molar-refractivity contribution in [1.29, 1.82) is 0 Å². The number of hydrogen-bond donors (Lipinski definition) is 0. The van der Waals surface area contributed by atoms with Gasteiger partial charge in [-0.3, -0.25) is 20.2 Å². The van der Waals surface area contributed by atoms with Crippen LogP contribution in [0.5, 0.6) is 0 Å². The van der Waals surface area contributed by atoms with Crippen LogP contribution in [0.1, 0.15) is 25.7 Å². The second-order valence-electron chi connectivity index (χ2n) is 3.05. The van der Waals surface area contributed by atoms with Crippen molar-refractivity contribution in [2.24, 2.45) is 0 Å². The van der Waals surface area contributed by atoms with Gasteiger partial charge >= 0.3 is 6.71 Å². The number of hydrogen-bond acceptors (Lipinski definition) is 4. The SMILES string of the molecule is O=[N+]([O-])C(Br)(Br)CCCCC(Br)(Br)[N+](=O)[O-]. The third kappa shape index (κ3) is 5.87. The number of nitrogens with zero attached hydrogens (tertiary/aromatic N) is 2. The van der Waals surface area contributed by atoms with Crippen LogP contribution in [0.15, 0.2) is 0 Å². The van der Waals surface area contributed by atoms with E-state index in [1.54, 1.807) is 0 Å². The van der Waals surface area contributed by atoms with E-state index in [0.717, 1.165) is 0 Å². The molecule has 0 N–H and O–H groups in total. The van der Waals surface area contributed by atoms with E-state index in [4.69, 9.17) is 0 Å². The zero-order valence-electron chi connectivity index (χ0n) is 7.87. The topological polar surface area (TPSA) is 86.3 Å². The van der Waals surface area contributed by atoms with Crippen molar-refractivity contribution in [3.8, 4) is 0 Å². The summed E-state index contributed by atoms with van der Waals surface area (Å²) >= 11 is 11.7. The minimum Gasteiger partial charge on any atom is -0.262 e. The number of unbranched alkanes of at least 4 members (excludes halogenated alkanes) is 1. The molecule has 0 aromatic heterocycles. The Hall–Kier alpha value is 0.720. The summed E-state index contributed by atoms with van der Waals surface area (Å²) in [5.74, 6) is 0. The third-order valence-corrected chi connectivity index (χ3v) is 4.48. The van der Waals surface area contributed by atoms with Gasteiger partial charge in [0.1, 0.15) is 0 Å². The Kier molecular flexibility index (Phi) is 6.90. The smallest absolute Gasteiger partial charge is 0.262 e. The van der Waals surface area contributed by atoms with Gasteiger partial charge in [0.15, 0.2) is 0 Å². The predicted molar refractivity (Wildman–Crippen MR) is 73.6 cm³/mol. The van der Waals surface area contributed by atoms with E-state index >= 15 is 0 Å². The van der Waals surface area contributed by atoms with Gasteiger partial charge in [0.05, 0.1) is 0 Å². The van der Waals surface area contributed by atoms with Crippen molar-refractivity contribution in [2.45, 2.75) is 32.4 Å². The number of alkyl halides is 4. The van der Waals surface area contributed by atoms with Gasteiger partial charge in [-0.25, -0.2) is 0 Å². The molecule has 0 atom stereocenters. The van der Waals surface area contributed by atoms with Crippen molar-refractivity contribution in [3.63, 3.8) is 0 Å². The fourth-order valence-corrected chi connectivity index (χ4v) is 1.98. The molecule has 0 aliphatic heterocycles. The molecule has 0 saturated heterocycles. The van der Waals surface area contributed by atoms with Crippen molar-refractivity contribution in [3.05, 3.63) is 20.2 Å². The number of halogens is 4. The van der Waals surface area contributed by atoms with E-state index in [-0.39, 0.29) is 12.8 Å². The molecule has 0 rings (SSSR count). The maximum atomic E-state index is 10.5. The molecule has 16 heavy (non-hydrogen) atoms. The molecule has 0 aliphatic rings. The highest BCUT2D eigenvalue weighted by molar-refractivity contribution is 9.25. The summed E-state index contributed by atoms with van der Waals surface area (Å²) in [6, 6.07) is 0. The molecule has 0 saturated carbocycles. The average molecular weight is 492 g/mol. The molecule has 0 unspecified atom stereocenters. The van der Waals surface area contributed by atoms with Crippen molar-refractivity contribution in [2.75, 3.05) is 0 Å². The lowest BCUT2D eigenvalue weighted by Gasteiger charge is -2.13. The van der Waals surface area contributed by atoms with Gasteiger partial charge in [-0.15, -0.1) is 0 Å². The molecule has 0 amide bonds. The fraction of sp³-hybridized carbons (Fsp3) is 1.00. The zero-order chi connectivity index (χ0) is 13.0. The Morgan fingerprint density at radius 3 is 1.25 bits per heavy atom. The largest absolute Gasteiger partial charge is 0.326 e. The molecule has 0 radical (unpaired) electrons. The molecular weight excluding hydrogens is 484 g/mol. The van der Waals surface area contributed by atoms with E-state index < -0.39 is 16.6 Å². The molecule has 0 aromatic rings. The van der Waals surface area contributed by atoms with Crippen LogP contribution in [-0.4, -0.2) is 16.6 Å². The lowest BCUT2D eigenvalue weighted by Crippen LogP contribution is -2.25. The third-order valence-electron chi connectivity index (χ3n) is 1.74. The van der Waals surface area contributed by atoms with Gasteiger partial charge in [-0.2, -0.15) is 0 Å². The van der Waals surface area contributed by atoms with Crippen LogP contribution in [-0.2, 0) is 0 Å². The highest BCUT2D eigenvalue weighted by atomic mass is 79.9. The van der Waals surface area contributed by atoms with E-state index in [2.05, 4.69) is 63.7 Å². The predicted octanol–water partition coefficient (Wildman–Crippen LogP) is 3.99. The van der Waals surface area contributed by atoms with E-state index in [1.807, 2.05) is 0 Å². The molecule has 10 heteroatoms. The fourth-order valence-electron chi connectivity index (χ4n) is 0.858. The normalized spacial score (nSPS) is 12.5. The summed E-state index contributed by atoms with van der Waals surface area (Å²) in [6.07, 6.45) is 1.47. The second kappa shape index (κ2) is 6.60. The van der Waals surface area contributed by atoms with Crippen LogP contribution in [0.4, 0.5) is 0 Å². The molecule has 0 heterocycles. The monoisotopic (exact) mass is 488 g/mol. The highest BCUT2D eigenvalue weighted by Gasteiger charge is 2.38. The molecular formula is C6H8Br4N2O4. The summed E-state index contributed by atoms with van der Waals surface area (Å²) in [5, 5.41) is 21.0. The summed E-state index contributed by atoms with van der Waals surface area (Å²) in [4.78, 5) is 20.0. The Balaban J connectivity index is 3.94. The summed E-state index contributed by atoms with van der Waals surface area (Å²) in [6.45, 7) is 0.